The molecule has 0 aromatic rings. The second kappa shape index (κ2) is 5.94. The zero-order chi connectivity index (χ0) is 6.41. The Morgan fingerprint density at radius 2 is 0.556 bits per heavy atom. The normalized spacial score (nSPS) is 18.0. The third-order valence-electron chi connectivity index (χ3n) is 0. The van der Waals surface area contributed by atoms with Crippen molar-refractivity contribution in [3.8, 4) is 0 Å². The molecule has 0 fully saturated rings. The number of hydrogen-bond donors (Lipinski definition) is 0. The molecule has 0 atom stereocenters. The van der Waals surface area contributed by atoms with Crippen molar-refractivity contribution in [2.24, 2.45) is 0 Å². The van der Waals surface area contributed by atoms with Crippen molar-refractivity contribution >= 4 is 80.6 Å². The molecule has 0 saturated heterocycles. The van der Waals surface area contributed by atoms with E-state index in [-0.39, 0.29) is 103 Å². The van der Waals surface area contributed by atoms with E-state index in [4.69, 9.17) is 0 Å². The van der Waals surface area contributed by atoms with E-state index >= 15 is 0 Å². The first-order chi connectivity index (χ1) is 2.45. The number of halogens is 6. The van der Waals surface area contributed by atoms with E-state index < -0.39 is 0.992 Å². The molecule has 0 radical (unpaired) electrons. The monoisotopic (exact) mass is 738 g/mol. The summed E-state index contributed by atoms with van der Waals surface area (Å²) < 4.78 is -3.38. The summed E-state index contributed by atoms with van der Waals surface area (Å²) in [6.07, 6.45) is 0. The fourth-order valence-corrected chi connectivity index (χ4v) is 0. The van der Waals surface area contributed by atoms with Crippen molar-refractivity contribution in [1.82, 2.24) is 0 Å². The van der Waals surface area contributed by atoms with Crippen LogP contribution in [0.25, 0.3) is 0 Å². The second-order valence-electron chi connectivity index (χ2n) is 0.810. The molecule has 0 aliphatic heterocycles. The van der Waals surface area contributed by atoms with Gasteiger partial charge in [0.15, 0.2) is 0 Å². The summed E-state index contributed by atoms with van der Waals surface area (Å²) >= 11 is 20.2. The maximum Gasteiger partial charge on any atom is 1.00 e. The van der Waals surface area contributed by atoms with E-state index in [1.807, 2.05) is 0 Å². The third kappa shape index (κ3) is 52.4. The fraction of sp³-hybridized carbons (Fsp3) is 0. The molecule has 9 heavy (non-hydrogen) atoms. The molecule has 0 amide bonds. The van der Waals surface area contributed by atoms with Crippen LogP contribution in [0.5, 0.6) is 0 Å². The van der Waals surface area contributed by atoms with Gasteiger partial charge < -0.3 is 0 Å². The summed E-state index contributed by atoms with van der Waals surface area (Å²) in [6.45, 7) is 0. The average molecular weight is 744 g/mol. The van der Waals surface area contributed by atoms with E-state index in [2.05, 4.69) is 80.6 Å². The Morgan fingerprint density at radius 1 is 0.556 bits per heavy atom. The van der Waals surface area contributed by atoms with Crippen molar-refractivity contribution in [2.45, 2.75) is 0 Å². The van der Waals surface area contributed by atoms with Gasteiger partial charge in [-0.2, -0.15) is 0 Å². The van der Waals surface area contributed by atoms with Crippen molar-refractivity contribution < 1.29 is 104 Å². The molecular weight excluding hydrogens is 744 g/mol. The van der Waals surface area contributed by atoms with Crippen LogP contribution in [0.2, 0.25) is 0 Å². The van der Waals surface area contributed by atoms with Gasteiger partial charge in [0.1, 0.15) is 0 Å². The Kier molecular flexibility index (Phi) is 14.0. The largest absolute Gasteiger partial charge is 1.00 e. The summed E-state index contributed by atoms with van der Waals surface area (Å²) in [6, 6.07) is 0. The molecular formula is Br6K2Re. The summed E-state index contributed by atoms with van der Waals surface area (Å²) in [4.78, 5) is 0. The molecule has 0 spiro atoms. The van der Waals surface area contributed by atoms with Crippen LogP contribution in [-0.4, -0.2) is 0 Å². The molecule has 0 saturated carbocycles. The predicted octanol–water partition coefficient (Wildman–Crippen LogP) is -0.921. The van der Waals surface area contributed by atoms with Gasteiger partial charge in [-0.1, -0.05) is 0 Å². The Labute approximate surface area is 177 Å². The van der Waals surface area contributed by atoms with Gasteiger partial charge >= 0.3 is 184 Å². The Morgan fingerprint density at radius 3 is 0.556 bits per heavy atom. The van der Waals surface area contributed by atoms with Crippen molar-refractivity contribution in [3.05, 3.63) is 0 Å². The van der Waals surface area contributed by atoms with Crippen molar-refractivity contribution in [3.63, 3.8) is 0 Å². The number of hydrogen-bond acceptors (Lipinski definition) is 0. The van der Waals surface area contributed by atoms with E-state index in [0.29, 0.717) is 0 Å². The smallest absolute Gasteiger partial charge is 1.00 e. The van der Waals surface area contributed by atoms with Crippen molar-refractivity contribution in [1.29, 1.82) is 0 Å². The quantitative estimate of drug-likeness (QED) is 0.282. The Hall–Kier alpha value is 6.82. The van der Waals surface area contributed by atoms with Crippen LogP contribution in [0.1, 0.15) is 0 Å². The summed E-state index contributed by atoms with van der Waals surface area (Å²) in [5.74, 6) is 0. The van der Waals surface area contributed by atoms with E-state index in [9.17, 15) is 0 Å². The molecule has 0 aromatic carbocycles. The van der Waals surface area contributed by atoms with Crippen LogP contribution >= 0.6 is 80.6 Å². The first kappa shape index (κ1) is 21.1. The van der Waals surface area contributed by atoms with Crippen LogP contribution in [0.3, 0.4) is 0 Å². The third-order valence-corrected chi connectivity index (χ3v) is 0. The summed E-state index contributed by atoms with van der Waals surface area (Å²) in [5.41, 5.74) is 0. The standard InChI is InChI=1S/6BrH.2K.Re/h6*1H;;;/q;;;;;;2*+1;+4/p-6. The van der Waals surface area contributed by atoms with Crippen LogP contribution in [-0.2, 0) is 0.992 Å². The average Bonchev–Trinajstić information content (AvgIpc) is 0.592. The van der Waals surface area contributed by atoms with Crippen LogP contribution in [0, 0.1) is 0 Å². The van der Waals surface area contributed by atoms with Gasteiger partial charge in [-0.05, 0) is 0 Å². The fourth-order valence-electron chi connectivity index (χ4n) is 0. The van der Waals surface area contributed by atoms with Gasteiger partial charge in [-0.15, -0.1) is 0 Å². The minimum atomic E-state index is -3.38. The van der Waals surface area contributed by atoms with Gasteiger partial charge in [0, 0.05) is 0 Å². The molecule has 0 aliphatic rings. The first-order valence-corrected chi connectivity index (χ1v) is 36.5. The van der Waals surface area contributed by atoms with Crippen LogP contribution in [0.15, 0.2) is 0 Å². The summed E-state index contributed by atoms with van der Waals surface area (Å²) in [5, 5.41) is 0. The predicted molar refractivity (Wildman–Crippen MR) is 53.6 cm³/mol. The zero-order valence-corrected chi connectivity index (χ0v) is 23.1. The topological polar surface area (TPSA) is 0 Å². The van der Waals surface area contributed by atoms with Gasteiger partial charge in [0.2, 0.25) is 0 Å². The molecule has 9 heteroatoms. The molecule has 0 heterocycles. The van der Waals surface area contributed by atoms with E-state index in [0.717, 1.165) is 0 Å². The first-order valence-electron chi connectivity index (χ1n) is 0.857. The Bertz CT molecular complexity index is 69.6. The van der Waals surface area contributed by atoms with Gasteiger partial charge in [-0.25, -0.2) is 0 Å². The maximum atomic E-state index is 3.36. The molecule has 0 N–H and O–H groups in total. The van der Waals surface area contributed by atoms with E-state index in [1.165, 1.54) is 0 Å². The van der Waals surface area contributed by atoms with Crippen LogP contribution < -0.4 is 103 Å². The molecule has 0 aliphatic carbocycles. The molecule has 0 nitrogen and oxygen atoms in total. The van der Waals surface area contributed by atoms with Gasteiger partial charge in [-0.3, -0.25) is 0 Å². The number of rotatable bonds is 0. The maximum absolute atomic E-state index is 3.38. The SMILES string of the molecule is [Br][Re-2]([Br])([Br])([Br])([Br])[Br].[K+].[K+]. The molecule has 0 rings (SSSR count). The molecule has 51 valence electrons. The zero-order valence-electron chi connectivity index (χ0n) is 4.65. The summed E-state index contributed by atoms with van der Waals surface area (Å²) in [7, 11) is 0. The second-order valence-corrected chi connectivity index (χ2v) is 179. The molecule has 0 bridgehead atoms. The Balaban J connectivity index is -0.000000180. The molecule has 0 aromatic heterocycles. The van der Waals surface area contributed by atoms with Gasteiger partial charge in [0.05, 0.1) is 0 Å². The minimum Gasteiger partial charge on any atom is 1.00 e. The minimum absolute atomic E-state index is 0. The van der Waals surface area contributed by atoms with Crippen molar-refractivity contribution in [2.75, 3.05) is 0 Å². The van der Waals surface area contributed by atoms with Gasteiger partial charge in [0.25, 0.3) is 0 Å². The van der Waals surface area contributed by atoms with Crippen LogP contribution in [0.4, 0.5) is 0 Å². The molecule has 0 unspecified atom stereocenters. The van der Waals surface area contributed by atoms with E-state index in [1.54, 1.807) is 0 Å².